The van der Waals surface area contributed by atoms with Crippen molar-refractivity contribution in [3.05, 3.63) is 71.5 Å². The zero-order valence-corrected chi connectivity index (χ0v) is 14.8. The number of nitriles is 1. The molecule has 0 fully saturated rings. The first-order valence-corrected chi connectivity index (χ1v) is 8.36. The van der Waals surface area contributed by atoms with Gasteiger partial charge in [-0.25, -0.2) is 0 Å². The van der Waals surface area contributed by atoms with Gasteiger partial charge in [-0.15, -0.1) is 0 Å². The van der Waals surface area contributed by atoms with E-state index in [0.717, 1.165) is 22.6 Å². The van der Waals surface area contributed by atoms with E-state index in [-0.39, 0.29) is 0 Å². The van der Waals surface area contributed by atoms with E-state index in [1.165, 1.54) is 6.33 Å². The molecule has 2 heterocycles. The monoisotopic (exact) mass is 356 g/mol. The van der Waals surface area contributed by atoms with Crippen LogP contribution < -0.4 is 10.1 Å². The number of fused-ring (bicyclic) bond motifs is 1. The summed E-state index contributed by atoms with van der Waals surface area (Å²) in [4.78, 5) is 8.60. The van der Waals surface area contributed by atoms with Crippen LogP contribution in [0, 0.1) is 25.2 Å². The SMILES string of the molecule is Cc1cccc(C)c1Oc1cc(Nc2ccc(C#N)cc2)n2ncnc2n1. The topological polar surface area (TPSA) is 88.1 Å². The van der Waals surface area contributed by atoms with Crippen LogP contribution in [-0.4, -0.2) is 19.6 Å². The summed E-state index contributed by atoms with van der Waals surface area (Å²) >= 11 is 0. The van der Waals surface area contributed by atoms with E-state index in [1.54, 1.807) is 22.7 Å². The third-order valence-electron chi connectivity index (χ3n) is 4.13. The molecule has 0 aliphatic carbocycles. The maximum Gasteiger partial charge on any atom is 0.257 e. The van der Waals surface area contributed by atoms with E-state index >= 15 is 0 Å². The Labute approximate surface area is 155 Å². The second-order valence-electron chi connectivity index (χ2n) is 6.09. The standard InChI is InChI=1S/C20H16N6O/c1-13-4-3-5-14(2)19(13)27-18-10-17(26-20(25-18)22-12-23-26)24-16-8-6-15(11-21)7-9-16/h3-10,12,24H,1-2H3. The first-order chi connectivity index (χ1) is 13.1. The maximum atomic E-state index is 8.94. The molecule has 7 nitrogen and oxygen atoms in total. The number of aromatic nitrogens is 4. The molecule has 0 aliphatic rings. The average Bonchev–Trinajstić information content (AvgIpc) is 3.14. The Balaban J connectivity index is 1.72. The van der Waals surface area contributed by atoms with Crippen LogP contribution in [0.1, 0.15) is 16.7 Å². The van der Waals surface area contributed by atoms with Crippen LogP contribution in [0.25, 0.3) is 5.78 Å². The van der Waals surface area contributed by atoms with Gasteiger partial charge in [0, 0.05) is 11.8 Å². The zero-order valence-electron chi connectivity index (χ0n) is 14.8. The van der Waals surface area contributed by atoms with Crippen LogP contribution in [0.15, 0.2) is 54.9 Å². The number of nitrogens with one attached hydrogen (secondary N) is 1. The lowest BCUT2D eigenvalue weighted by atomic mass is 10.1. The Morgan fingerprint density at radius 1 is 1.07 bits per heavy atom. The van der Waals surface area contributed by atoms with Crippen molar-refractivity contribution >= 4 is 17.3 Å². The first kappa shape index (κ1) is 16.5. The Morgan fingerprint density at radius 2 is 1.81 bits per heavy atom. The summed E-state index contributed by atoms with van der Waals surface area (Å²) in [6.07, 6.45) is 1.44. The van der Waals surface area contributed by atoms with Crippen molar-refractivity contribution in [1.82, 2.24) is 19.6 Å². The van der Waals surface area contributed by atoms with Crippen molar-refractivity contribution in [2.75, 3.05) is 5.32 Å². The number of hydrogen-bond acceptors (Lipinski definition) is 6. The number of hydrogen-bond donors (Lipinski definition) is 1. The van der Waals surface area contributed by atoms with E-state index < -0.39 is 0 Å². The van der Waals surface area contributed by atoms with E-state index in [0.29, 0.717) is 23.0 Å². The lowest BCUT2D eigenvalue weighted by molar-refractivity contribution is 0.456. The number of anilines is 2. The summed E-state index contributed by atoms with van der Waals surface area (Å²) in [6, 6.07) is 17.0. The van der Waals surface area contributed by atoms with Gasteiger partial charge in [-0.1, -0.05) is 18.2 Å². The zero-order chi connectivity index (χ0) is 18.8. The van der Waals surface area contributed by atoms with Crippen LogP contribution in [0.5, 0.6) is 11.6 Å². The Hall–Kier alpha value is -3.92. The molecule has 2 aromatic carbocycles. The molecule has 2 aromatic heterocycles. The maximum absolute atomic E-state index is 8.94. The highest BCUT2D eigenvalue weighted by Gasteiger charge is 2.12. The Bertz CT molecular complexity index is 1140. The fourth-order valence-corrected chi connectivity index (χ4v) is 2.77. The molecule has 27 heavy (non-hydrogen) atoms. The minimum absolute atomic E-state index is 0.420. The molecule has 0 unspecified atom stereocenters. The highest BCUT2D eigenvalue weighted by atomic mass is 16.5. The van der Waals surface area contributed by atoms with Crippen LogP contribution in [0.2, 0.25) is 0 Å². The molecular weight excluding hydrogens is 340 g/mol. The van der Waals surface area contributed by atoms with Crippen molar-refractivity contribution < 1.29 is 4.74 Å². The van der Waals surface area contributed by atoms with Gasteiger partial charge in [0.15, 0.2) is 0 Å². The molecule has 7 heteroatoms. The van der Waals surface area contributed by atoms with Gasteiger partial charge >= 0.3 is 0 Å². The summed E-state index contributed by atoms with van der Waals surface area (Å²) in [7, 11) is 0. The van der Waals surface area contributed by atoms with Crippen LogP contribution >= 0.6 is 0 Å². The highest BCUT2D eigenvalue weighted by molar-refractivity contribution is 5.60. The number of nitrogens with zero attached hydrogens (tertiary/aromatic N) is 5. The summed E-state index contributed by atoms with van der Waals surface area (Å²) in [6.45, 7) is 3.99. The lowest BCUT2D eigenvalue weighted by Gasteiger charge is -2.13. The molecule has 0 atom stereocenters. The van der Waals surface area contributed by atoms with Crippen molar-refractivity contribution in [3.63, 3.8) is 0 Å². The molecule has 0 saturated carbocycles. The van der Waals surface area contributed by atoms with Gasteiger partial charge in [0.2, 0.25) is 5.88 Å². The number of ether oxygens (including phenoxy) is 1. The third-order valence-corrected chi connectivity index (χ3v) is 4.13. The summed E-state index contributed by atoms with van der Waals surface area (Å²) < 4.78 is 7.65. The molecule has 4 aromatic rings. The molecule has 0 bridgehead atoms. The van der Waals surface area contributed by atoms with Gasteiger partial charge in [0.25, 0.3) is 5.78 Å². The molecule has 4 rings (SSSR count). The second-order valence-corrected chi connectivity index (χ2v) is 6.09. The predicted octanol–water partition coefficient (Wildman–Crippen LogP) is 4.15. The Kier molecular flexibility index (Phi) is 4.15. The smallest absolute Gasteiger partial charge is 0.257 e. The van der Waals surface area contributed by atoms with E-state index in [9.17, 15) is 0 Å². The number of para-hydroxylation sites is 1. The second kappa shape index (κ2) is 6.77. The van der Waals surface area contributed by atoms with E-state index in [1.807, 2.05) is 44.2 Å². The van der Waals surface area contributed by atoms with Gasteiger partial charge in [0.05, 0.1) is 11.6 Å². The molecule has 0 spiro atoms. The van der Waals surface area contributed by atoms with Gasteiger partial charge in [-0.2, -0.15) is 24.8 Å². The summed E-state index contributed by atoms with van der Waals surface area (Å²) in [5.74, 6) is 2.28. The van der Waals surface area contributed by atoms with Crippen LogP contribution in [-0.2, 0) is 0 Å². The molecule has 132 valence electrons. The van der Waals surface area contributed by atoms with Gasteiger partial charge in [-0.3, -0.25) is 0 Å². The first-order valence-electron chi connectivity index (χ1n) is 8.36. The van der Waals surface area contributed by atoms with Gasteiger partial charge < -0.3 is 10.1 Å². The average molecular weight is 356 g/mol. The normalized spacial score (nSPS) is 10.6. The Morgan fingerprint density at radius 3 is 2.52 bits per heavy atom. The fraction of sp³-hybridized carbons (Fsp3) is 0.100. The minimum Gasteiger partial charge on any atom is -0.438 e. The van der Waals surface area contributed by atoms with Crippen molar-refractivity contribution in [2.24, 2.45) is 0 Å². The molecule has 1 N–H and O–H groups in total. The van der Waals surface area contributed by atoms with E-state index in [2.05, 4.69) is 26.5 Å². The third kappa shape index (κ3) is 3.28. The minimum atomic E-state index is 0.420. The van der Waals surface area contributed by atoms with Gasteiger partial charge in [0.1, 0.15) is 17.9 Å². The summed E-state index contributed by atoms with van der Waals surface area (Å²) in [5, 5.41) is 16.4. The summed E-state index contributed by atoms with van der Waals surface area (Å²) in [5.41, 5.74) is 3.47. The van der Waals surface area contributed by atoms with Gasteiger partial charge in [-0.05, 0) is 49.2 Å². The predicted molar refractivity (Wildman–Crippen MR) is 101 cm³/mol. The molecule has 0 radical (unpaired) electrons. The quantitative estimate of drug-likeness (QED) is 0.591. The molecule has 0 aliphatic heterocycles. The number of aryl methyl sites for hydroxylation is 2. The van der Waals surface area contributed by atoms with Crippen molar-refractivity contribution in [2.45, 2.75) is 13.8 Å². The number of benzene rings is 2. The van der Waals surface area contributed by atoms with E-state index in [4.69, 9.17) is 10.00 Å². The van der Waals surface area contributed by atoms with Crippen LogP contribution in [0.4, 0.5) is 11.5 Å². The van der Waals surface area contributed by atoms with Crippen molar-refractivity contribution in [1.29, 1.82) is 5.26 Å². The lowest BCUT2D eigenvalue weighted by Crippen LogP contribution is -2.03. The molecule has 0 amide bonds. The fourth-order valence-electron chi connectivity index (χ4n) is 2.77. The largest absolute Gasteiger partial charge is 0.438 e. The van der Waals surface area contributed by atoms with Crippen LogP contribution in [0.3, 0.4) is 0 Å². The number of rotatable bonds is 4. The molecule has 0 saturated heterocycles. The van der Waals surface area contributed by atoms with Crippen molar-refractivity contribution in [3.8, 4) is 17.7 Å². The molecular formula is C20H16N6O. The highest BCUT2D eigenvalue weighted by Crippen LogP contribution is 2.29.